The molecule has 0 unspecified atom stereocenters. The Morgan fingerprint density at radius 1 is 1.28 bits per heavy atom. The van der Waals surface area contributed by atoms with Gasteiger partial charge in [-0.1, -0.05) is 29.4 Å². The van der Waals surface area contributed by atoms with Gasteiger partial charge in [0.15, 0.2) is 8.87 Å². The van der Waals surface area contributed by atoms with E-state index in [1.807, 2.05) is 0 Å². The Balaban J connectivity index is 2.21. The fraction of sp³-hybridized carbons (Fsp3) is 0.385. The molecule has 1 amide bonds. The van der Waals surface area contributed by atoms with E-state index >= 15 is 0 Å². The highest BCUT2D eigenvalue weighted by molar-refractivity contribution is 8.71. The van der Waals surface area contributed by atoms with Crippen molar-refractivity contribution in [1.29, 1.82) is 0 Å². The highest BCUT2D eigenvalue weighted by Crippen LogP contribution is 2.13. The number of hydrogen-bond donors (Lipinski definition) is 1. The number of rotatable bonds is 9. The van der Waals surface area contributed by atoms with Gasteiger partial charge in [-0.15, -0.1) is 0 Å². The first-order chi connectivity index (χ1) is 11.8. The van der Waals surface area contributed by atoms with Gasteiger partial charge in [-0.3, -0.25) is 4.79 Å². The van der Waals surface area contributed by atoms with E-state index in [0.717, 1.165) is 6.26 Å². The van der Waals surface area contributed by atoms with Crippen LogP contribution in [0.15, 0.2) is 29.4 Å². The number of benzene rings is 1. The van der Waals surface area contributed by atoms with Crippen LogP contribution in [0.25, 0.3) is 10.4 Å². The lowest BCUT2D eigenvalue weighted by atomic mass is 10.2. The molecular formula is C13H16N4O6S2. The number of carbonyl (C=O) groups excluding carboxylic acids is 2. The molecule has 0 spiro atoms. The second-order valence-electron chi connectivity index (χ2n) is 4.53. The Bertz CT molecular complexity index is 744. The third-order valence-electron chi connectivity index (χ3n) is 2.49. The monoisotopic (exact) mass is 388 g/mol. The van der Waals surface area contributed by atoms with Crippen molar-refractivity contribution in [1.82, 2.24) is 5.32 Å². The number of nitrogens with one attached hydrogen (secondary N) is 1. The number of hydrogen-bond acceptors (Lipinski definition) is 8. The second kappa shape index (κ2) is 10.4. The van der Waals surface area contributed by atoms with Crippen molar-refractivity contribution in [2.45, 2.75) is 6.61 Å². The van der Waals surface area contributed by atoms with Gasteiger partial charge in [0.1, 0.15) is 19.8 Å². The van der Waals surface area contributed by atoms with E-state index in [4.69, 9.17) is 15.0 Å². The zero-order chi connectivity index (χ0) is 18.7. The average Bonchev–Trinajstić information content (AvgIpc) is 2.55. The molecule has 25 heavy (non-hydrogen) atoms. The van der Waals surface area contributed by atoms with Crippen LogP contribution < -0.4 is 5.32 Å². The zero-order valence-corrected chi connectivity index (χ0v) is 14.9. The van der Waals surface area contributed by atoms with Crippen molar-refractivity contribution in [3.05, 3.63) is 40.3 Å². The lowest BCUT2D eigenvalue weighted by molar-refractivity contribution is -0.141. The summed E-state index contributed by atoms with van der Waals surface area (Å²) >= 11 is 0. The van der Waals surface area contributed by atoms with E-state index in [2.05, 4.69) is 15.3 Å². The molecule has 1 aromatic carbocycles. The van der Waals surface area contributed by atoms with Crippen LogP contribution in [0.2, 0.25) is 0 Å². The quantitative estimate of drug-likeness (QED) is 0.170. The molecule has 1 aromatic rings. The van der Waals surface area contributed by atoms with Crippen molar-refractivity contribution >= 4 is 37.4 Å². The van der Waals surface area contributed by atoms with Gasteiger partial charge in [0.25, 0.3) is 0 Å². The highest BCUT2D eigenvalue weighted by atomic mass is 33.1. The van der Waals surface area contributed by atoms with Crippen molar-refractivity contribution in [2.75, 3.05) is 25.2 Å². The Labute approximate surface area is 147 Å². The average molecular weight is 388 g/mol. The highest BCUT2D eigenvalue weighted by Gasteiger charge is 2.09. The standard InChI is InChI=1S/C13H16N4O6S2/c1-25(20,21)24-7-6-22-12(18)8-15-13(19)23-9-10-2-4-11(5-3-10)16-17-14/h2-5H,6-9H2,1H3,(H,15,19). The molecule has 0 radical (unpaired) electrons. The smallest absolute Gasteiger partial charge is 0.407 e. The molecule has 0 bridgehead atoms. The van der Waals surface area contributed by atoms with E-state index in [1.165, 1.54) is 0 Å². The van der Waals surface area contributed by atoms with Gasteiger partial charge in [-0.25, -0.2) is 13.2 Å². The molecule has 0 aliphatic carbocycles. The predicted octanol–water partition coefficient (Wildman–Crippen LogP) is 2.09. The van der Waals surface area contributed by atoms with Crippen LogP contribution in [0.3, 0.4) is 0 Å². The summed E-state index contributed by atoms with van der Waals surface area (Å²) in [6.07, 6.45) is 0.253. The van der Waals surface area contributed by atoms with Gasteiger partial charge >= 0.3 is 12.1 Å². The second-order valence-corrected chi connectivity index (χ2v) is 9.11. The molecule has 0 aromatic heterocycles. The molecule has 0 aliphatic rings. The summed E-state index contributed by atoms with van der Waals surface area (Å²) < 4.78 is 31.4. The SMILES string of the molecule is CS(=O)(=O)SCCOC(=O)CNC(=O)OCc1ccc(N=[N+]=[N-])cc1. The van der Waals surface area contributed by atoms with Gasteiger partial charge < -0.3 is 14.8 Å². The van der Waals surface area contributed by atoms with E-state index in [-0.39, 0.29) is 19.0 Å². The Hall–Kier alpha value is -2.43. The number of ether oxygens (including phenoxy) is 2. The number of esters is 1. The Kier molecular flexibility index (Phi) is 8.61. The normalized spacial score (nSPS) is 10.4. The summed E-state index contributed by atoms with van der Waals surface area (Å²) in [5.41, 5.74) is 9.40. The number of carbonyl (C=O) groups is 2. The van der Waals surface area contributed by atoms with Crippen LogP contribution in [-0.4, -0.2) is 45.6 Å². The van der Waals surface area contributed by atoms with Crippen molar-refractivity contribution in [3.63, 3.8) is 0 Å². The first kappa shape index (κ1) is 20.6. The maximum absolute atomic E-state index is 11.5. The van der Waals surface area contributed by atoms with Crippen LogP contribution in [0.4, 0.5) is 10.5 Å². The number of amides is 1. The lowest BCUT2D eigenvalue weighted by Crippen LogP contribution is -2.31. The third-order valence-corrected chi connectivity index (χ3v) is 5.03. The molecule has 0 heterocycles. The van der Waals surface area contributed by atoms with Gasteiger partial charge in [-0.2, -0.15) is 0 Å². The first-order valence-electron chi connectivity index (χ1n) is 6.85. The predicted molar refractivity (Wildman–Crippen MR) is 91.7 cm³/mol. The summed E-state index contributed by atoms with van der Waals surface area (Å²) in [6, 6.07) is 6.40. The van der Waals surface area contributed by atoms with E-state index in [1.54, 1.807) is 24.3 Å². The number of nitrogens with zero attached hydrogens (tertiary/aromatic N) is 3. The lowest BCUT2D eigenvalue weighted by Gasteiger charge is -2.07. The third kappa shape index (κ3) is 10.1. The molecule has 1 N–H and O–H groups in total. The molecule has 12 heteroatoms. The summed E-state index contributed by atoms with van der Waals surface area (Å²) in [6.45, 7) is -0.495. The molecule has 10 nitrogen and oxygen atoms in total. The van der Waals surface area contributed by atoms with Gasteiger partial charge in [-0.05, 0) is 21.9 Å². The molecular weight excluding hydrogens is 372 g/mol. The summed E-state index contributed by atoms with van der Waals surface area (Å²) in [4.78, 5) is 25.5. The van der Waals surface area contributed by atoms with Crippen molar-refractivity contribution < 1.29 is 27.5 Å². The molecule has 0 fully saturated rings. The Morgan fingerprint density at radius 2 is 1.96 bits per heavy atom. The van der Waals surface area contributed by atoms with E-state index in [0.29, 0.717) is 22.0 Å². The van der Waals surface area contributed by atoms with Crippen LogP contribution in [-0.2, 0) is 29.7 Å². The minimum Gasteiger partial charge on any atom is -0.463 e. The van der Waals surface area contributed by atoms with E-state index in [9.17, 15) is 18.0 Å². The number of azide groups is 1. The minimum atomic E-state index is -3.18. The first-order valence-corrected chi connectivity index (χ1v) is 10.2. The Morgan fingerprint density at radius 3 is 2.56 bits per heavy atom. The fourth-order valence-corrected chi connectivity index (χ4v) is 3.01. The number of alkyl carbamates (subject to hydrolysis) is 1. The molecule has 0 saturated carbocycles. The molecule has 1 rings (SSSR count). The summed E-state index contributed by atoms with van der Waals surface area (Å²) in [5, 5.41) is 5.62. The fourth-order valence-electron chi connectivity index (χ4n) is 1.45. The molecule has 0 saturated heterocycles. The van der Waals surface area contributed by atoms with Crippen LogP contribution >= 0.6 is 10.8 Å². The van der Waals surface area contributed by atoms with Gasteiger partial charge in [0.2, 0.25) is 0 Å². The van der Waals surface area contributed by atoms with E-state index < -0.39 is 27.5 Å². The largest absolute Gasteiger partial charge is 0.463 e. The summed E-state index contributed by atoms with van der Waals surface area (Å²) in [7, 11) is -2.51. The molecule has 136 valence electrons. The maximum atomic E-state index is 11.5. The summed E-state index contributed by atoms with van der Waals surface area (Å²) in [5.74, 6) is -0.592. The van der Waals surface area contributed by atoms with Crippen molar-refractivity contribution in [3.8, 4) is 0 Å². The molecule has 0 atom stereocenters. The maximum Gasteiger partial charge on any atom is 0.407 e. The minimum absolute atomic E-state index is 0.0254. The van der Waals surface area contributed by atoms with Crippen LogP contribution in [0, 0.1) is 0 Å². The molecule has 0 aliphatic heterocycles. The zero-order valence-electron chi connectivity index (χ0n) is 13.2. The van der Waals surface area contributed by atoms with Crippen LogP contribution in [0.1, 0.15) is 5.56 Å². The van der Waals surface area contributed by atoms with Gasteiger partial charge in [0, 0.05) is 22.6 Å². The van der Waals surface area contributed by atoms with Crippen LogP contribution in [0.5, 0.6) is 0 Å². The van der Waals surface area contributed by atoms with Crippen molar-refractivity contribution in [2.24, 2.45) is 5.11 Å². The van der Waals surface area contributed by atoms with Gasteiger partial charge in [0.05, 0.1) is 0 Å². The topological polar surface area (TPSA) is 148 Å².